The van der Waals surface area contributed by atoms with E-state index in [0.717, 1.165) is 17.2 Å². The third-order valence-corrected chi connectivity index (χ3v) is 4.74. The Hall–Kier alpha value is -4.67. The van der Waals surface area contributed by atoms with Gasteiger partial charge in [-0.1, -0.05) is 60.7 Å². The summed E-state index contributed by atoms with van der Waals surface area (Å²) >= 11 is 0. The van der Waals surface area contributed by atoms with E-state index in [2.05, 4.69) is 20.9 Å². The van der Waals surface area contributed by atoms with Crippen molar-refractivity contribution >= 4 is 35.2 Å². The van der Waals surface area contributed by atoms with Crippen molar-refractivity contribution in [1.82, 2.24) is 4.98 Å². The molecule has 3 rings (SSSR count). The van der Waals surface area contributed by atoms with E-state index in [1.807, 2.05) is 60.7 Å². The second-order valence-corrected chi connectivity index (χ2v) is 7.10. The standard InChI is InChI=1S/C24H25N5O6/c1-3-34-23(30)25-18-15-19(27-24(31)35-4-2)26-22(21(18)29(32)33)28-20(16-11-7-5-8-12-16)17-13-9-6-10-14-17/h5-15,20H,3-4H2,1-2H3,(H3,25,26,27,28,30,31). The molecule has 0 atom stereocenters. The van der Waals surface area contributed by atoms with Crippen LogP contribution >= 0.6 is 0 Å². The third kappa shape index (κ3) is 6.67. The molecule has 2 aromatic carbocycles. The maximum atomic E-state index is 12.1. The smallest absolute Gasteiger partial charge is 0.412 e. The number of pyridine rings is 1. The quantitative estimate of drug-likeness (QED) is 0.276. The molecule has 0 aliphatic heterocycles. The van der Waals surface area contributed by atoms with Crippen LogP contribution in [-0.2, 0) is 9.47 Å². The zero-order valence-corrected chi connectivity index (χ0v) is 19.2. The summed E-state index contributed by atoms with van der Waals surface area (Å²) in [6.45, 7) is 3.41. The highest BCUT2D eigenvalue weighted by Crippen LogP contribution is 2.37. The summed E-state index contributed by atoms with van der Waals surface area (Å²) in [4.78, 5) is 39.8. The first kappa shape index (κ1) is 25.0. The minimum absolute atomic E-state index is 0.0633. The van der Waals surface area contributed by atoms with Crippen LogP contribution in [0.3, 0.4) is 0 Å². The van der Waals surface area contributed by atoms with Gasteiger partial charge in [-0.3, -0.25) is 20.7 Å². The molecule has 0 unspecified atom stereocenters. The van der Waals surface area contributed by atoms with E-state index in [-0.39, 0.29) is 30.5 Å². The Bertz CT molecular complexity index is 1130. The molecule has 1 aromatic heterocycles. The number of ether oxygens (including phenoxy) is 2. The van der Waals surface area contributed by atoms with Crippen molar-refractivity contribution in [2.45, 2.75) is 19.9 Å². The van der Waals surface area contributed by atoms with Gasteiger partial charge in [0.15, 0.2) is 0 Å². The van der Waals surface area contributed by atoms with Crippen LogP contribution in [-0.4, -0.2) is 35.3 Å². The third-order valence-electron chi connectivity index (χ3n) is 4.74. The first-order valence-electron chi connectivity index (χ1n) is 10.9. The molecule has 182 valence electrons. The summed E-state index contributed by atoms with van der Waals surface area (Å²) in [5.41, 5.74) is 0.929. The molecule has 0 saturated heterocycles. The fraction of sp³-hybridized carbons (Fsp3) is 0.208. The van der Waals surface area contributed by atoms with Crippen LogP contribution in [0.25, 0.3) is 0 Å². The first-order chi connectivity index (χ1) is 16.9. The van der Waals surface area contributed by atoms with Gasteiger partial charge in [-0.25, -0.2) is 14.6 Å². The van der Waals surface area contributed by atoms with Crippen molar-refractivity contribution in [2.75, 3.05) is 29.2 Å². The van der Waals surface area contributed by atoms with Gasteiger partial charge in [-0.15, -0.1) is 0 Å². The Labute approximate surface area is 201 Å². The van der Waals surface area contributed by atoms with Gasteiger partial charge in [-0.2, -0.15) is 0 Å². The number of nitro groups is 1. The second kappa shape index (κ2) is 12.0. The predicted octanol–water partition coefficient (Wildman–Crippen LogP) is 5.33. The minimum atomic E-state index is -0.891. The molecule has 2 amide bonds. The average Bonchev–Trinajstić information content (AvgIpc) is 2.83. The largest absolute Gasteiger partial charge is 0.450 e. The molecule has 11 nitrogen and oxygen atoms in total. The van der Waals surface area contributed by atoms with Gasteiger partial charge >= 0.3 is 17.9 Å². The van der Waals surface area contributed by atoms with Crippen LogP contribution in [0.4, 0.5) is 32.6 Å². The Morgan fingerprint density at radius 1 is 0.914 bits per heavy atom. The number of carbonyl (C=O) groups is 2. The summed E-state index contributed by atoms with van der Waals surface area (Å²) in [6, 6.07) is 19.2. The van der Waals surface area contributed by atoms with Gasteiger partial charge < -0.3 is 14.8 Å². The lowest BCUT2D eigenvalue weighted by atomic mass is 9.98. The van der Waals surface area contributed by atoms with E-state index in [1.165, 1.54) is 0 Å². The van der Waals surface area contributed by atoms with Gasteiger partial charge in [0.25, 0.3) is 0 Å². The lowest BCUT2D eigenvalue weighted by Gasteiger charge is -2.21. The van der Waals surface area contributed by atoms with Crippen molar-refractivity contribution in [3.8, 4) is 0 Å². The zero-order valence-electron chi connectivity index (χ0n) is 19.2. The van der Waals surface area contributed by atoms with E-state index >= 15 is 0 Å². The number of nitrogens with one attached hydrogen (secondary N) is 3. The summed E-state index contributed by atoms with van der Waals surface area (Å²) < 4.78 is 9.76. The van der Waals surface area contributed by atoms with E-state index in [1.54, 1.807) is 13.8 Å². The Kier molecular flexibility index (Phi) is 8.54. The number of hydrogen-bond acceptors (Lipinski definition) is 8. The second-order valence-electron chi connectivity index (χ2n) is 7.10. The fourth-order valence-corrected chi connectivity index (χ4v) is 3.32. The molecule has 11 heteroatoms. The number of rotatable bonds is 9. The van der Waals surface area contributed by atoms with E-state index in [0.29, 0.717) is 0 Å². The summed E-state index contributed by atoms with van der Waals surface area (Å²) in [6.07, 6.45) is -1.69. The summed E-state index contributed by atoms with van der Waals surface area (Å²) in [5.74, 6) is -0.239. The van der Waals surface area contributed by atoms with Crippen LogP contribution in [0.1, 0.15) is 31.0 Å². The highest BCUT2D eigenvalue weighted by Gasteiger charge is 2.28. The number of anilines is 3. The van der Waals surface area contributed by atoms with Crippen molar-refractivity contribution < 1.29 is 24.0 Å². The zero-order chi connectivity index (χ0) is 25.2. The lowest BCUT2D eigenvalue weighted by Crippen LogP contribution is -2.20. The van der Waals surface area contributed by atoms with Crippen molar-refractivity contribution in [2.24, 2.45) is 0 Å². The van der Waals surface area contributed by atoms with Crippen LogP contribution in [0.15, 0.2) is 66.7 Å². The van der Waals surface area contributed by atoms with E-state index in [4.69, 9.17) is 9.47 Å². The van der Waals surface area contributed by atoms with Gasteiger partial charge in [0.05, 0.1) is 24.2 Å². The molecule has 35 heavy (non-hydrogen) atoms. The van der Waals surface area contributed by atoms with Crippen LogP contribution in [0.5, 0.6) is 0 Å². The molecule has 0 fully saturated rings. The Morgan fingerprint density at radius 2 is 1.43 bits per heavy atom. The number of amides is 2. The van der Waals surface area contributed by atoms with Crippen LogP contribution in [0, 0.1) is 10.1 Å². The number of benzene rings is 2. The Balaban J connectivity index is 2.13. The molecule has 0 saturated carbocycles. The SMILES string of the molecule is CCOC(=O)Nc1cc(NC(=O)OCC)c([N+](=O)[O-])c(NC(c2ccccc2)c2ccccc2)n1. The molecule has 0 bridgehead atoms. The fourth-order valence-electron chi connectivity index (χ4n) is 3.32. The van der Waals surface area contributed by atoms with Crippen LogP contribution < -0.4 is 16.0 Å². The average molecular weight is 479 g/mol. The summed E-state index contributed by atoms with van der Waals surface area (Å²) in [7, 11) is 0. The monoisotopic (exact) mass is 479 g/mol. The van der Waals surface area contributed by atoms with Crippen molar-refractivity contribution in [1.29, 1.82) is 0 Å². The highest BCUT2D eigenvalue weighted by atomic mass is 16.6. The minimum Gasteiger partial charge on any atom is -0.450 e. The summed E-state index contributed by atoms with van der Waals surface area (Å²) in [5, 5.41) is 20.0. The number of hydrogen-bond donors (Lipinski definition) is 3. The topological polar surface area (TPSA) is 145 Å². The Morgan fingerprint density at radius 3 is 1.91 bits per heavy atom. The first-order valence-corrected chi connectivity index (χ1v) is 10.9. The van der Waals surface area contributed by atoms with Crippen LogP contribution in [0.2, 0.25) is 0 Å². The normalized spacial score (nSPS) is 10.4. The molecule has 3 aromatic rings. The van der Waals surface area contributed by atoms with Gasteiger partial charge in [-0.05, 0) is 25.0 Å². The molecule has 3 N–H and O–H groups in total. The molecular formula is C24H25N5O6. The number of nitrogens with zero attached hydrogens (tertiary/aromatic N) is 2. The van der Waals surface area contributed by atoms with Gasteiger partial charge in [0, 0.05) is 6.07 Å². The van der Waals surface area contributed by atoms with Gasteiger partial charge in [0.1, 0.15) is 11.5 Å². The maximum absolute atomic E-state index is 12.1. The van der Waals surface area contributed by atoms with Crippen molar-refractivity contribution in [3.63, 3.8) is 0 Å². The number of carbonyl (C=O) groups excluding carboxylic acids is 2. The molecule has 1 heterocycles. The van der Waals surface area contributed by atoms with E-state index in [9.17, 15) is 19.7 Å². The predicted molar refractivity (Wildman–Crippen MR) is 131 cm³/mol. The molecular weight excluding hydrogens is 454 g/mol. The highest BCUT2D eigenvalue weighted by molar-refractivity contribution is 5.93. The molecule has 0 aliphatic rings. The maximum Gasteiger partial charge on any atom is 0.412 e. The van der Waals surface area contributed by atoms with Crippen molar-refractivity contribution in [3.05, 3.63) is 88.0 Å². The molecule has 0 aliphatic carbocycles. The van der Waals surface area contributed by atoms with Gasteiger partial charge in [0.2, 0.25) is 5.82 Å². The number of aromatic nitrogens is 1. The molecule has 0 spiro atoms. The lowest BCUT2D eigenvalue weighted by molar-refractivity contribution is -0.383. The van der Waals surface area contributed by atoms with E-state index < -0.39 is 28.8 Å². The molecule has 0 radical (unpaired) electrons.